The average Bonchev–Trinajstić information content (AvgIpc) is 3.54. The molecule has 1 amide bonds. The molecule has 0 aromatic heterocycles. The first-order chi connectivity index (χ1) is 43.4. The minimum atomic E-state index is -4.72. The molecule has 3 unspecified atom stereocenters. The highest BCUT2D eigenvalue weighted by Gasteiger charge is 2.27. The molecule has 0 aliphatic heterocycles. The quantitative estimate of drug-likeness (QED) is 0.0212. The largest absolute Gasteiger partial charge is 0.756 e. The smallest absolute Gasteiger partial charge is 0.306 e. The number of hydrogen-bond donors (Lipinski definition) is 1. The molecule has 1 N–H and O–H groups in total. The van der Waals surface area contributed by atoms with Crippen LogP contribution >= 0.6 is 7.82 Å². The van der Waals surface area contributed by atoms with Gasteiger partial charge in [-0.2, -0.15) is 0 Å². The Hall–Kier alpha value is -3.59. The van der Waals surface area contributed by atoms with Gasteiger partial charge in [0.1, 0.15) is 19.3 Å². The lowest BCUT2D eigenvalue weighted by Crippen LogP contribution is -2.47. The second kappa shape index (κ2) is 67.3. The zero-order valence-electron chi connectivity index (χ0n) is 58.6. The molecule has 0 aliphatic rings. The van der Waals surface area contributed by atoms with Crippen LogP contribution in [-0.4, -0.2) is 69.4 Å². The van der Waals surface area contributed by atoms with Gasteiger partial charge in [0.05, 0.1) is 33.8 Å². The number of nitrogens with zero attached hydrogens (tertiary/aromatic N) is 1. The third-order valence-electron chi connectivity index (χ3n) is 15.9. The van der Waals surface area contributed by atoms with E-state index in [9.17, 15) is 19.0 Å². The van der Waals surface area contributed by atoms with Gasteiger partial charge in [-0.15, -0.1) is 0 Å². The third-order valence-corrected chi connectivity index (χ3v) is 16.8. The highest BCUT2D eigenvalue weighted by molar-refractivity contribution is 7.45. The maximum absolute atomic E-state index is 13.6. The number of nitrogens with one attached hydrogen (secondary N) is 1. The molecule has 512 valence electrons. The van der Waals surface area contributed by atoms with Gasteiger partial charge < -0.3 is 28.5 Å². The zero-order valence-corrected chi connectivity index (χ0v) is 59.5. The molecular formula is C79H139N2O7P. The predicted octanol–water partition coefficient (Wildman–Crippen LogP) is 23.2. The lowest BCUT2D eigenvalue weighted by molar-refractivity contribution is -0.870. The number of unbranched alkanes of at least 4 members (excludes halogenated alkanes) is 32. The van der Waals surface area contributed by atoms with Crippen LogP contribution in [0.25, 0.3) is 0 Å². The number of amides is 1. The van der Waals surface area contributed by atoms with Crippen molar-refractivity contribution in [1.29, 1.82) is 0 Å². The van der Waals surface area contributed by atoms with Crippen LogP contribution < -0.4 is 10.2 Å². The Kier molecular flexibility index (Phi) is 64.6. The van der Waals surface area contributed by atoms with Crippen molar-refractivity contribution in [3.63, 3.8) is 0 Å². The summed E-state index contributed by atoms with van der Waals surface area (Å²) in [6.07, 6.45) is 94.6. The van der Waals surface area contributed by atoms with Crippen LogP contribution in [0.4, 0.5) is 0 Å². The molecule has 0 aromatic rings. The zero-order chi connectivity index (χ0) is 64.9. The monoisotopic (exact) mass is 1260 g/mol. The molecule has 0 heterocycles. The van der Waals surface area contributed by atoms with E-state index < -0.39 is 26.6 Å². The first-order valence-corrected chi connectivity index (χ1v) is 38.3. The normalized spacial score (nSPS) is 14.2. The molecule has 0 rings (SSSR count). The van der Waals surface area contributed by atoms with Crippen molar-refractivity contribution in [2.24, 2.45) is 0 Å². The topological polar surface area (TPSA) is 114 Å². The highest BCUT2D eigenvalue weighted by atomic mass is 31.2. The van der Waals surface area contributed by atoms with E-state index in [0.717, 1.165) is 135 Å². The maximum atomic E-state index is 13.6. The second-order valence-corrected chi connectivity index (χ2v) is 27.1. The second-order valence-electron chi connectivity index (χ2n) is 25.7. The summed E-state index contributed by atoms with van der Waals surface area (Å²) in [5.41, 5.74) is 0. The van der Waals surface area contributed by atoms with Crippen molar-refractivity contribution < 1.29 is 37.3 Å². The molecule has 0 fully saturated rings. The Balaban J connectivity index is 5.11. The SMILES string of the molecule is CC/C=C\C/C=C\C/C=C\C/C=C\C/C=C\CCCCCCCCCCCC(=O)OC(/C=C/CCCCCCCCCCCCC)C(COP(=O)([O-])OCC[N+](C)(C)C)NC(=O)CCCCCCCCCCC/C=C\C/C=C\C/C=C\C/C=C\CCCCC. The van der Waals surface area contributed by atoms with E-state index in [1.54, 1.807) is 0 Å². The van der Waals surface area contributed by atoms with E-state index in [-0.39, 0.29) is 24.9 Å². The van der Waals surface area contributed by atoms with Crippen molar-refractivity contribution in [2.45, 2.75) is 328 Å². The van der Waals surface area contributed by atoms with Gasteiger partial charge in [-0.05, 0) is 122 Å². The summed E-state index contributed by atoms with van der Waals surface area (Å²) >= 11 is 0. The lowest BCUT2D eigenvalue weighted by Gasteiger charge is -2.30. The van der Waals surface area contributed by atoms with E-state index in [4.69, 9.17) is 13.8 Å². The summed E-state index contributed by atoms with van der Waals surface area (Å²) in [7, 11) is 1.17. The van der Waals surface area contributed by atoms with Crippen molar-refractivity contribution in [2.75, 3.05) is 40.9 Å². The number of carbonyl (C=O) groups excluding carboxylic acids is 2. The molecule has 0 bridgehead atoms. The highest BCUT2D eigenvalue weighted by Crippen LogP contribution is 2.38. The van der Waals surface area contributed by atoms with Crippen LogP contribution in [0, 0.1) is 0 Å². The molecule has 89 heavy (non-hydrogen) atoms. The Morgan fingerprint density at radius 3 is 1.10 bits per heavy atom. The first kappa shape index (κ1) is 85.4. The van der Waals surface area contributed by atoms with Crippen LogP contribution in [-0.2, 0) is 27.9 Å². The van der Waals surface area contributed by atoms with Crippen molar-refractivity contribution in [3.05, 3.63) is 122 Å². The van der Waals surface area contributed by atoms with E-state index in [1.807, 2.05) is 33.3 Å². The predicted molar refractivity (Wildman–Crippen MR) is 385 cm³/mol. The molecule has 3 atom stereocenters. The molecule has 0 aromatic carbocycles. The molecule has 10 heteroatoms. The Bertz CT molecular complexity index is 1940. The number of esters is 1. The van der Waals surface area contributed by atoms with Crippen LogP contribution in [0.15, 0.2) is 122 Å². The summed E-state index contributed by atoms with van der Waals surface area (Å²) in [5.74, 6) is -0.554. The summed E-state index contributed by atoms with van der Waals surface area (Å²) in [6, 6.07) is -0.904. The van der Waals surface area contributed by atoms with Gasteiger partial charge in [-0.25, -0.2) is 0 Å². The van der Waals surface area contributed by atoms with Gasteiger partial charge >= 0.3 is 5.97 Å². The number of hydrogen-bond acceptors (Lipinski definition) is 7. The fraction of sp³-hybridized carbons (Fsp3) is 0.722. The number of rotatable bonds is 66. The van der Waals surface area contributed by atoms with E-state index >= 15 is 0 Å². The standard InChI is InChI=1S/C79H139N2O7P/c1-7-10-13-16-19-22-25-28-30-32-34-36-38-40-42-44-46-48-50-53-56-59-62-65-68-71-78(82)80-76(75-87-89(84,85)86-74-73-81(4,5)6)77(70-67-64-61-58-55-52-27-24-21-18-15-12-9-3)88-79(83)72-69-66-63-60-57-54-51-49-47-45-43-41-39-37-35-33-31-29-26-23-20-17-14-11-8-2/h11,14,19-20,22-23,28-31,34-37,40-43,67,70,76-77H,7-10,12-13,15-18,21,24-27,32-33,38-39,44-66,68-69,71-75H2,1-6H3,(H-,80,82,84,85)/b14-11-,22-19-,23-20-,30-28-,31-29-,36-34-,37-35-,42-40-,43-41-,70-67+. The van der Waals surface area contributed by atoms with Crippen molar-refractivity contribution in [3.8, 4) is 0 Å². The number of ether oxygens (including phenoxy) is 1. The van der Waals surface area contributed by atoms with Gasteiger partial charge in [-0.1, -0.05) is 303 Å². The molecule has 9 nitrogen and oxygen atoms in total. The molecule has 0 aliphatic carbocycles. The van der Waals surface area contributed by atoms with Crippen molar-refractivity contribution in [1.82, 2.24) is 5.32 Å². The Morgan fingerprint density at radius 1 is 0.404 bits per heavy atom. The molecule has 0 saturated heterocycles. The fourth-order valence-electron chi connectivity index (χ4n) is 10.2. The molecule has 0 spiro atoms. The number of phosphoric acid groups is 1. The molecule has 0 saturated carbocycles. The summed E-state index contributed by atoms with van der Waals surface area (Å²) < 4.78 is 30.5. The average molecular weight is 1260 g/mol. The van der Waals surface area contributed by atoms with E-state index in [1.165, 1.54) is 148 Å². The number of phosphoric ester groups is 1. The lowest BCUT2D eigenvalue weighted by atomic mass is 10.0. The van der Waals surface area contributed by atoms with Crippen LogP contribution in [0.2, 0.25) is 0 Å². The third kappa shape index (κ3) is 68.6. The summed E-state index contributed by atoms with van der Waals surface area (Å²) in [5, 5.41) is 3.04. The van der Waals surface area contributed by atoms with Crippen LogP contribution in [0.3, 0.4) is 0 Å². The van der Waals surface area contributed by atoms with Gasteiger partial charge in [0.15, 0.2) is 0 Å². The summed E-state index contributed by atoms with van der Waals surface area (Å²) in [4.78, 5) is 40.3. The first-order valence-electron chi connectivity index (χ1n) is 36.8. The number of quaternary nitrogens is 1. The van der Waals surface area contributed by atoms with Crippen LogP contribution in [0.1, 0.15) is 316 Å². The number of carbonyl (C=O) groups is 2. The number of allylic oxidation sites excluding steroid dienone is 19. The Labute approximate surface area is 550 Å². The maximum Gasteiger partial charge on any atom is 0.306 e. The van der Waals surface area contributed by atoms with Gasteiger partial charge in [0, 0.05) is 12.8 Å². The fourth-order valence-corrected chi connectivity index (χ4v) is 11.0. The van der Waals surface area contributed by atoms with Crippen LogP contribution in [0.5, 0.6) is 0 Å². The van der Waals surface area contributed by atoms with E-state index in [2.05, 4.69) is 135 Å². The minimum Gasteiger partial charge on any atom is -0.756 e. The van der Waals surface area contributed by atoms with Gasteiger partial charge in [-0.3, -0.25) is 14.2 Å². The number of likely N-dealkylation sites (N-methyl/N-ethyl adjacent to an activating group) is 1. The molecule has 0 radical (unpaired) electrons. The van der Waals surface area contributed by atoms with Crippen molar-refractivity contribution >= 4 is 19.7 Å². The van der Waals surface area contributed by atoms with Gasteiger partial charge in [0.2, 0.25) is 5.91 Å². The van der Waals surface area contributed by atoms with Gasteiger partial charge in [0.25, 0.3) is 7.82 Å². The molecular weight excluding hydrogens is 1120 g/mol. The van der Waals surface area contributed by atoms with E-state index in [0.29, 0.717) is 17.4 Å². The minimum absolute atomic E-state index is 0.0300. The Morgan fingerprint density at radius 2 is 0.719 bits per heavy atom. The summed E-state index contributed by atoms with van der Waals surface area (Å²) in [6.45, 7) is 6.71.